The summed E-state index contributed by atoms with van der Waals surface area (Å²) in [6, 6.07) is -2.76. The standard InChI is InChI=1S/C55H85N15O14/c56-20-8-7-17-36(63-43(74)25-57)47(76)65-42(30-72)62-37(18-9-21-60-55(58)59)51(80)68-22-10-19-39(68)53(82)70-28-35(73)24-41(70)48(77)61-26-44(75)66-45(31-11-1-2-12-31)50(79)64-38(29-71)52(81)69-27-34-16-6-5-15-33(34)23-40(69)49(78)67-46(54(83)84)32-13-3-4-14-32/h5-6,15-16,30-32,35-42,45-46,62,71,73H,1-4,7-14,17-29,56-57H2,(H,61,77)(H,63,74)(H,64,79)(H,65,76)(H,66,75)(H,67,78)(H,83,84)(H4,58,59,60)/t35-,36+,37+,38+,39+,40-,41+,42?,45+,46+/m1/s1. The fourth-order valence-corrected chi connectivity index (χ4v) is 12.1. The molecule has 3 heterocycles. The Morgan fingerprint density at radius 2 is 1.33 bits per heavy atom. The number of nitrogens with zero attached hydrogens (tertiary/aromatic N) is 4. The molecule has 29 nitrogen and oxygen atoms in total. The monoisotopic (exact) mass is 1180 g/mol. The number of carbonyl (C=O) groups is 11. The molecule has 29 heteroatoms. The molecule has 0 spiro atoms. The fraction of sp³-hybridized carbons (Fsp3) is 0.673. The van der Waals surface area contributed by atoms with E-state index >= 15 is 0 Å². The van der Waals surface area contributed by atoms with Crippen LogP contribution in [0, 0.1) is 11.8 Å². The van der Waals surface area contributed by atoms with Crippen LogP contribution < -0.4 is 60.2 Å². The number of fused-ring (bicyclic) bond motifs is 1. The summed E-state index contributed by atoms with van der Waals surface area (Å²) in [6.45, 7) is -1.83. The maximum absolute atomic E-state index is 14.5. The van der Waals surface area contributed by atoms with E-state index in [0.717, 1.165) is 41.7 Å². The van der Waals surface area contributed by atoms with Gasteiger partial charge in [-0.05, 0) is 100 Å². The van der Waals surface area contributed by atoms with Gasteiger partial charge in [0.25, 0.3) is 0 Å². The number of aldehydes is 1. The van der Waals surface area contributed by atoms with Crippen molar-refractivity contribution >= 4 is 71.4 Å². The molecular formula is C55H85N15O14. The Kier molecular flexibility index (Phi) is 25.1. The zero-order valence-electron chi connectivity index (χ0n) is 47.4. The van der Waals surface area contributed by atoms with Gasteiger partial charge in [-0.2, -0.15) is 0 Å². The van der Waals surface area contributed by atoms with Gasteiger partial charge in [-0.15, -0.1) is 0 Å². The van der Waals surface area contributed by atoms with Crippen molar-refractivity contribution in [2.24, 2.45) is 39.8 Å². The van der Waals surface area contributed by atoms with E-state index in [2.05, 4.69) is 42.2 Å². The second kappa shape index (κ2) is 32.1. The number of β-amino-alcohol motifs (C(OH)–C–C–N with tert-alkyl or cyclic N) is 1. The van der Waals surface area contributed by atoms with E-state index in [4.69, 9.17) is 22.9 Å². The molecule has 3 aliphatic heterocycles. The summed E-state index contributed by atoms with van der Waals surface area (Å²) in [5.41, 5.74) is 23.6. The van der Waals surface area contributed by atoms with E-state index in [1.165, 1.54) is 9.80 Å². The third kappa shape index (κ3) is 17.8. The lowest BCUT2D eigenvalue weighted by molar-refractivity contribution is -0.148. The number of nitrogens with two attached hydrogens (primary N) is 4. The van der Waals surface area contributed by atoms with Crippen LogP contribution in [-0.2, 0) is 65.7 Å². The number of likely N-dealkylation sites (tertiary alicyclic amines) is 2. The summed E-state index contributed by atoms with van der Waals surface area (Å²) in [4.78, 5) is 157. The minimum Gasteiger partial charge on any atom is -0.480 e. The van der Waals surface area contributed by atoms with Crippen LogP contribution in [0.2, 0.25) is 0 Å². The predicted octanol–water partition coefficient (Wildman–Crippen LogP) is -4.85. The number of hydrogen-bond donors (Lipinski definition) is 14. The minimum atomic E-state index is -1.58. The van der Waals surface area contributed by atoms with Crippen molar-refractivity contribution in [3.63, 3.8) is 0 Å². The van der Waals surface area contributed by atoms with Crippen LogP contribution in [0.3, 0.4) is 0 Å². The van der Waals surface area contributed by atoms with Crippen LogP contribution in [0.15, 0.2) is 29.3 Å². The first-order valence-electron chi connectivity index (χ1n) is 29.2. The van der Waals surface area contributed by atoms with E-state index in [-0.39, 0.29) is 76.6 Å². The van der Waals surface area contributed by atoms with Gasteiger partial charge in [-0.25, -0.2) is 4.79 Å². The maximum Gasteiger partial charge on any atom is 0.326 e. The molecule has 464 valence electrons. The number of aliphatic hydroxyl groups excluding tert-OH is 2. The lowest BCUT2D eigenvalue weighted by Crippen LogP contribution is -2.62. The predicted molar refractivity (Wildman–Crippen MR) is 302 cm³/mol. The fourth-order valence-electron chi connectivity index (χ4n) is 12.1. The number of hydrogen-bond acceptors (Lipinski definition) is 17. The molecule has 1 aromatic rings. The van der Waals surface area contributed by atoms with Gasteiger partial charge in [0, 0.05) is 39.0 Å². The Morgan fingerprint density at radius 3 is 1.96 bits per heavy atom. The zero-order chi connectivity index (χ0) is 61.0. The molecule has 0 aromatic heterocycles. The highest BCUT2D eigenvalue weighted by Gasteiger charge is 2.47. The molecule has 10 atom stereocenters. The number of amides is 9. The number of benzene rings is 1. The summed E-state index contributed by atoms with van der Waals surface area (Å²) >= 11 is 0. The molecule has 0 radical (unpaired) electrons. The molecule has 6 rings (SSSR count). The Bertz CT molecular complexity index is 2540. The van der Waals surface area contributed by atoms with Crippen molar-refractivity contribution in [3.05, 3.63) is 35.4 Å². The number of carboxylic acid groups (broad SMARTS) is 1. The van der Waals surface area contributed by atoms with Gasteiger partial charge >= 0.3 is 5.97 Å². The quantitative estimate of drug-likeness (QED) is 0.0113. The zero-order valence-corrected chi connectivity index (χ0v) is 47.4. The molecule has 9 amide bonds. The number of carboxylic acids is 1. The summed E-state index contributed by atoms with van der Waals surface area (Å²) in [6.07, 6.45) is 4.90. The van der Waals surface area contributed by atoms with Gasteiger partial charge in [0.15, 0.2) is 12.2 Å². The number of rotatable bonds is 30. The Morgan fingerprint density at radius 1 is 0.679 bits per heavy atom. The van der Waals surface area contributed by atoms with E-state index < -0.39 is 145 Å². The number of nitrogens with one attached hydrogen (secondary N) is 7. The molecule has 18 N–H and O–H groups in total. The molecule has 5 aliphatic rings. The highest BCUT2D eigenvalue weighted by molar-refractivity contribution is 5.98. The number of unbranched alkanes of at least 4 members (excludes halogenated alkanes) is 1. The maximum atomic E-state index is 14.5. The number of guanidine groups is 1. The van der Waals surface area contributed by atoms with Crippen LogP contribution >= 0.6 is 0 Å². The average Bonchev–Trinajstić information content (AvgIpc) is 4.12. The van der Waals surface area contributed by atoms with Crippen LogP contribution in [0.5, 0.6) is 0 Å². The first-order valence-corrected chi connectivity index (χ1v) is 29.2. The Balaban J connectivity index is 1.10. The van der Waals surface area contributed by atoms with Crippen LogP contribution in [0.25, 0.3) is 0 Å². The van der Waals surface area contributed by atoms with Crippen molar-refractivity contribution in [2.75, 3.05) is 45.9 Å². The van der Waals surface area contributed by atoms with Crippen molar-refractivity contribution in [1.29, 1.82) is 0 Å². The molecule has 2 aliphatic carbocycles. The van der Waals surface area contributed by atoms with Gasteiger partial charge in [0.1, 0.15) is 48.5 Å². The minimum absolute atomic E-state index is 0.0166. The SMILES string of the molecule is NCCCC[C@H](NC(=O)CN)C(=O)NC(C=O)N[C@@H](CCCN=C(N)N)C(=O)N1CCC[C@H]1C(=O)N1C[C@H](O)C[C@H]1C(=O)NCC(=O)N[C@H](C(=O)N[C@@H](CO)C(=O)N1Cc2ccccc2C[C@@H]1C(=O)N[C@H](C(=O)O)C1CCCC1)C1CCCC1. The summed E-state index contributed by atoms with van der Waals surface area (Å²) in [5, 5.41) is 50.0. The van der Waals surface area contributed by atoms with Crippen LogP contribution in [-0.4, -0.2) is 208 Å². The van der Waals surface area contributed by atoms with Gasteiger partial charge < -0.3 is 84.9 Å². The first kappa shape index (κ1) is 65.8. The number of aliphatic carboxylic acids is 1. The van der Waals surface area contributed by atoms with Crippen molar-refractivity contribution in [3.8, 4) is 0 Å². The van der Waals surface area contributed by atoms with E-state index in [1.54, 1.807) is 18.2 Å². The van der Waals surface area contributed by atoms with E-state index in [1.807, 2.05) is 6.07 Å². The van der Waals surface area contributed by atoms with Gasteiger partial charge in [-0.3, -0.25) is 58.3 Å². The molecular weight excluding hydrogens is 1090 g/mol. The number of carbonyl (C=O) groups excluding carboxylic acids is 10. The Hall–Kier alpha value is -7.34. The molecule has 0 bridgehead atoms. The van der Waals surface area contributed by atoms with Gasteiger partial charge in [-0.1, -0.05) is 49.9 Å². The first-order chi connectivity index (χ1) is 40.3. The van der Waals surface area contributed by atoms with Gasteiger partial charge in [0.05, 0.1) is 31.8 Å². The molecule has 2 saturated carbocycles. The highest BCUT2D eigenvalue weighted by Crippen LogP contribution is 2.31. The second-order valence-electron chi connectivity index (χ2n) is 22.4. The van der Waals surface area contributed by atoms with Gasteiger partial charge in [0.2, 0.25) is 53.2 Å². The van der Waals surface area contributed by atoms with E-state index in [9.17, 15) is 68.1 Å². The smallest absolute Gasteiger partial charge is 0.326 e. The lowest BCUT2D eigenvalue weighted by Gasteiger charge is -2.38. The van der Waals surface area contributed by atoms with Crippen molar-refractivity contribution in [2.45, 2.75) is 176 Å². The average molecular weight is 1180 g/mol. The van der Waals surface area contributed by atoms with Crippen LogP contribution in [0.4, 0.5) is 0 Å². The molecule has 2 saturated heterocycles. The highest BCUT2D eigenvalue weighted by atomic mass is 16.4. The summed E-state index contributed by atoms with van der Waals surface area (Å²) < 4.78 is 0. The van der Waals surface area contributed by atoms with E-state index in [0.29, 0.717) is 57.8 Å². The molecule has 4 fully saturated rings. The Labute approximate surface area is 487 Å². The summed E-state index contributed by atoms with van der Waals surface area (Å²) in [7, 11) is 0. The normalized spacial score (nSPS) is 21.8. The molecule has 84 heavy (non-hydrogen) atoms. The van der Waals surface area contributed by atoms with Crippen molar-refractivity contribution < 1.29 is 68.1 Å². The lowest BCUT2D eigenvalue weighted by atomic mass is 9.91. The van der Waals surface area contributed by atoms with Crippen LogP contribution in [0.1, 0.15) is 114 Å². The number of aliphatic hydroxyl groups is 2. The topological polar surface area (TPSA) is 459 Å². The third-order valence-electron chi connectivity index (χ3n) is 16.5. The second-order valence-corrected chi connectivity index (χ2v) is 22.4. The molecule has 1 aromatic carbocycles. The largest absolute Gasteiger partial charge is 0.480 e. The summed E-state index contributed by atoms with van der Waals surface area (Å²) in [5.74, 6) is -8.65. The molecule has 1 unspecified atom stereocenters. The number of aliphatic imine (C=N–C) groups is 1. The third-order valence-corrected chi connectivity index (χ3v) is 16.5. The van der Waals surface area contributed by atoms with Crippen molar-refractivity contribution in [1.82, 2.24) is 51.9 Å².